The van der Waals surface area contributed by atoms with E-state index in [1.807, 2.05) is 45.9 Å². The first kappa shape index (κ1) is 30.9. The van der Waals surface area contributed by atoms with E-state index in [1.54, 1.807) is 34.6 Å². The van der Waals surface area contributed by atoms with Crippen molar-refractivity contribution >= 4 is 23.8 Å². The predicted molar refractivity (Wildman–Crippen MR) is 140 cm³/mol. The van der Waals surface area contributed by atoms with Crippen LogP contribution in [0.3, 0.4) is 0 Å². The Balaban J connectivity index is 3.54. The fourth-order valence-corrected chi connectivity index (χ4v) is 4.14. The van der Waals surface area contributed by atoms with Gasteiger partial charge in [-0.05, 0) is 67.4 Å². The van der Waals surface area contributed by atoms with Gasteiger partial charge in [-0.2, -0.15) is 0 Å². The van der Waals surface area contributed by atoms with Crippen molar-refractivity contribution in [2.75, 3.05) is 0 Å². The number of alkyl carbamates (subject to hydrolysis) is 1. The summed E-state index contributed by atoms with van der Waals surface area (Å²) >= 11 is 0. The number of carbonyl (C=O) groups excluding carboxylic acids is 4. The van der Waals surface area contributed by atoms with Crippen LogP contribution in [0, 0.1) is 13.8 Å². The summed E-state index contributed by atoms with van der Waals surface area (Å²) in [6.07, 6.45) is 0.387. The van der Waals surface area contributed by atoms with E-state index in [9.17, 15) is 19.2 Å². The van der Waals surface area contributed by atoms with Crippen molar-refractivity contribution in [2.45, 2.75) is 111 Å². The number of hydrogen-bond donors (Lipinski definition) is 3. The third kappa shape index (κ3) is 9.87. The van der Waals surface area contributed by atoms with Gasteiger partial charge in [0.1, 0.15) is 17.7 Å². The third-order valence-corrected chi connectivity index (χ3v) is 5.40. The number of nitrogens with zero attached hydrogens (tertiary/aromatic N) is 1. The summed E-state index contributed by atoms with van der Waals surface area (Å²) in [6, 6.07) is 2.91. The molecule has 202 valence electrons. The van der Waals surface area contributed by atoms with Crippen molar-refractivity contribution < 1.29 is 23.9 Å². The Morgan fingerprint density at radius 1 is 1.00 bits per heavy atom. The van der Waals surface area contributed by atoms with E-state index in [0.29, 0.717) is 5.56 Å². The predicted octanol–water partition coefficient (Wildman–Crippen LogP) is 3.66. The molecule has 0 aliphatic rings. The number of primary amides is 1. The van der Waals surface area contributed by atoms with Gasteiger partial charge in [-0.3, -0.25) is 14.4 Å². The van der Waals surface area contributed by atoms with E-state index in [2.05, 4.69) is 10.6 Å². The number of ether oxygens (including phenoxy) is 1. The Kier molecular flexibility index (Phi) is 11.4. The molecule has 9 nitrogen and oxygen atoms in total. The molecule has 4 amide bonds. The lowest BCUT2D eigenvalue weighted by molar-refractivity contribution is -0.145. The molecular weight excluding hydrogens is 460 g/mol. The van der Waals surface area contributed by atoms with Crippen LogP contribution in [0.1, 0.15) is 90.5 Å². The number of nitrogens with one attached hydrogen (secondary N) is 2. The molecule has 0 saturated carbocycles. The van der Waals surface area contributed by atoms with Gasteiger partial charge in [0, 0.05) is 12.1 Å². The molecule has 0 bridgehead atoms. The molecule has 4 N–H and O–H groups in total. The Hall–Kier alpha value is -3.10. The number of nitrogens with two attached hydrogens (primary N) is 1. The lowest BCUT2D eigenvalue weighted by atomic mass is 9.96. The van der Waals surface area contributed by atoms with Gasteiger partial charge >= 0.3 is 6.09 Å². The highest BCUT2D eigenvalue weighted by Gasteiger charge is 2.38. The molecular formula is C27H44N4O5. The summed E-state index contributed by atoms with van der Waals surface area (Å²) in [7, 11) is 0. The highest BCUT2D eigenvalue weighted by Crippen LogP contribution is 2.27. The Morgan fingerprint density at radius 3 is 2.00 bits per heavy atom. The Morgan fingerprint density at radius 2 is 1.56 bits per heavy atom. The minimum Gasteiger partial charge on any atom is -0.444 e. The lowest BCUT2D eigenvalue weighted by Crippen LogP contribution is -2.56. The normalized spacial score (nSPS) is 13.9. The van der Waals surface area contributed by atoms with Gasteiger partial charge in [0.25, 0.3) is 0 Å². The van der Waals surface area contributed by atoms with Crippen LogP contribution in [0.2, 0.25) is 0 Å². The minimum absolute atomic E-state index is 0.0960. The van der Waals surface area contributed by atoms with Crippen LogP contribution in [0.5, 0.6) is 0 Å². The smallest absolute Gasteiger partial charge is 0.408 e. The first-order chi connectivity index (χ1) is 16.5. The van der Waals surface area contributed by atoms with E-state index < -0.39 is 48.1 Å². The van der Waals surface area contributed by atoms with Crippen LogP contribution >= 0.6 is 0 Å². The lowest BCUT2D eigenvalue weighted by Gasteiger charge is -2.37. The molecule has 0 radical (unpaired) electrons. The first-order valence-electron chi connectivity index (χ1n) is 12.5. The van der Waals surface area contributed by atoms with E-state index >= 15 is 0 Å². The minimum atomic E-state index is -1.30. The van der Waals surface area contributed by atoms with E-state index in [4.69, 9.17) is 10.5 Å². The maximum absolute atomic E-state index is 13.9. The highest BCUT2D eigenvalue weighted by atomic mass is 16.6. The zero-order valence-corrected chi connectivity index (χ0v) is 23.2. The number of benzene rings is 1. The van der Waals surface area contributed by atoms with Crippen molar-refractivity contribution in [2.24, 2.45) is 5.73 Å². The molecule has 3 unspecified atom stereocenters. The van der Waals surface area contributed by atoms with Gasteiger partial charge in [0.05, 0.1) is 6.42 Å². The molecule has 0 saturated heterocycles. The number of carbonyl (C=O) groups is 4. The molecule has 9 heteroatoms. The fourth-order valence-electron chi connectivity index (χ4n) is 4.14. The maximum atomic E-state index is 13.9. The molecule has 1 aromatic carbocycles. The second-order valence-corrected chi connectivity index (χ2v) is 10.7. The van der Waals surface area contributed by atoms with Crippen LogP contribution < -0.4 is 16.4 Å². The number of hydrogen-bond acceptors (Lipinski definition) is 5. The van der Waals surface area contributed by atoms with Gasteiger partial charge < -0.3 is 26.0 Å². The summed E-state index contributed by atoms with van der Waals surface area (Å²) in [4.78, 5) is 53.3. The molecule has 36 heavy (non-hydrogen) atoms. The van der Waals surface area contributed by atoms with Crippen LogP contribution in [0.4, 0.5) is 4.79 Å². The van der Waals surface area contributed by atoms with Crippen molar-refractivity contribution in [3.8, 4) is 0 Å². The van der Waals surface area contributed by atoms with Crippen molar-refractivity contribution in [3.63, 3.8) is 0 Å². The summed E-state index contributed by atoms with van der Waals surface area (Å²) < 4.78 is 5.29. The van der Waals surface area contributed by atoms with Crippen LogP contribution in [-0.2, 0) is 19.1 Å². The molecule has 0 aromatic heterocycles. The van der Waals surface area contributed by atoms with Gasteiger partial charge in [0.2, 0.25) is 17.7 Å². The maximum Gasteiger partial charge on any atom is 0.408 e. The summed E-state index contributed by atoms with van der Waals surface area (Å²) in [5.41, 5.74) is 7.14. The van der Waals surface area contributed by atoms with Crippen molar-refractivity contribution in [3.05, 3.63) is 34.9 Å². The van der Waals surface area contributed by atoms with Gasteiger partial charge in [-0.25, -0.2) is 4.79 Å². The molecule has 0 aliphatic heterocycles. The van der Waals surface area contributed by atoms with Gasteiger partial charge in [0.15, 0.2) is 0 Å². The molecule has 0 spiro atoms. The number of amides is 4. The molecule has 1 aromatic rings. The topological polar surface area (TPSA) is 131 Å². The highest BCUT2D eigenvalue weighted by molar-refractivity contribution is 5.94. The summed E-state index contributed by atoms with van der Waals surface area (Å²) in [5, 5.41) is 5.51. The Bertz CT molecular complexity index is 918. The SMILES string of the molecule is CCCC(C)NC(=O)C(c1cc(C)cc(C)c1)N(C(=O)C(CC(N)=O)NC(=O)OC(C)(C)C)C(C)C. The molecule has 0 heterocycles. The average molecular weight is 505 g/mol. The summed E-state index contributed by atoms with van der Waals surface area (Å²) in [6.45, 7) is 16.4. The average Bonchev–Trinajstić information content (AvgIpc) is 2.68. The molecule has 1 rings (SSSR count). The van der Waals surface area contributed by atoms with Crippen LogP contribution in [0.15, 0.2) is 18.2 Å². The molecule has 0 fully saturated rings. The van der Waals surface area contributed by atoms with Crippen molar-refractivity contribution in [1.82, 2.24) is 15.5 Å². The standard InChI is InChI=1S/C27H44N4O5/c1-10-11-19(6)29-24(33)23(20-13-17(4)12-18(5)14-20)31(16(2)3)25(34)21(15-22(28)32)30-26(35)36-27(7,8)9/h12-14,16,19,21,23H,10-11,15H2,1-9H3,(H2,28,32)(H,29,33)(H,30,35). The largest absolute Gasteiger partial charge is 0.444 e. The number of rotatable bonds is 11. The Labute approximate surface area is 215 Å². The number of aryl methyl sites for hydroxylation is 2. The van der Waals surface area contributed by atoms with E-state index in [1.165, 1.54) is 4.90 Å². The fraction of sp³-hybridized carbons (Fsp3) is 0.630. The molecule has 0 aliphatic carbocycles. The van der Waals surface area contributed by atoms with E-state index in [0.717, 1.165) is 24.0 Å². The van der Waals surface area contributed by atoms with E-state index in [-0.39, 0.29) is 11.9 Å². The monoisotopic (exact) mass is 504 g/mol. The second kappa shape index (κ2) is 13.3. The first-order valence-corrected chi connectivity index (χ1v) is 12.5. The second-order valence-electron chi connectivity index (χ2n) is 10.7. The molecule has 3 atom stereocenters. The quantitative estimate of drug-likeness (QED) is 0.423. The van der Waals surface area contributed by atoms with Gasteiger partial charge in [-0.15, -0.1) is 0 Å². The van der Waals surface area contributed by atoms with Gasteiger partial charge in [-0.1, -0.05) is 42.7 Å². The van der Waals surface area contributed by atoms with Crippen LogP contribution in [0.25, 0.3) is 0 Å². The zero-order chi connectivity index (χ0) is 27.8. The zero-order valence-electron chi connectivity index (χ0n) is 23.2. The van der Waals surface area contributed by atoms with Crippen molar-refractivity contribution in [1.29, 1.82) is 0 Å². The van der Waals surface area contributed by atoms with Crippen LogP contribution in [-0.4, -0.2) is 52.4 Å². The third-order valence-electron chi connectivity index (χ3n) is 5.40. The summed E-state index contributed by atoms with van der Waals surface area (Å²) in [5.74, 6) is -1.70.